The van der Waals surface area contributed by atoms with Gasteiger partial charge in [-0.15, -0.1) is 0 Å². The fourth-order valence-corrected chi connectivity index (χ4v) is 3.50. The molecule has 0 fully saturated rings. The number of rotatable bonds is 5. The van der Waals surface area contributed by atoms with Crippen LogP contribution in [0.1, 0.15) is 25.0 Å². The highest BCUT2D eigenvalue weighted by Crippen LogP contribution is 2.23. The fourth-order valence-electron chi connectivity index (χ4n) is 3.50. The molecule has 8 heteroatoms. The smallest absolute Gasteiger partial charge is 0.228 e. The van der Waals surface area contributed by atoms with Gasteiger partial charge in [-0.3, -0.25) is 14.5 Å². The quantitative estimate of drug-likeness (QED) is 0.701. The molecule has 3 heterocycles. The van der Waals surface area contributed by atoms with Crippen molar-refractivity contribution < 1.29 is 14.0 Å². The number of aromatic nitrogens is 3. The number of pyridine rings is 1. The summed E-state index contributed by atoms with van der Waals surface area (Å²) in [6.45, 7) is 3.33. The van der Waals surface area contributed by atoms with Crippen LogP contribution in [0.15, 0.2) is 48.7 Å². The highest BCUT2D eigenvalue weighted by atomic mass is 19.1. The van der Waals surface area contributed by atoms with Gasteiger partial charge in [-0.25, -0.2) is 14.1 Å². The number of fused-ring (bicyclic) bond motifs is 1. The maximum absolute atomic E-state index is 13.0. The molecule has 0 saturated heterocycles. The molecule has 2 amide bonds. The van der Waals surface area contributed by atoms with Crippen molar-refractivity contribution in [3.8, 4) is 11.1 Å². The van der Waals surface area contributed by atoms with Crippen molar-refractivity contribution >= 4 is 23.5 Å². The molecule has 4 rings (SSSR count). The lowest BCUT2D eigenvalue weighted by Gasteiger charge is -2.27. The Kier molecular flexibility index (Phi) is 5.56. The molecule has 0 spiro atoms. The van der Waals surface area contributed by atoms with Crippen LogP contribution in [0.25, 0.3) is 11.1 Å². The number of benzene rings is 1. The molecule has 154 valence electrons. The lowest BCUT2D eigenvalue weighted by molar-refractivity contribution is -0.122. The average molecular weight is 407 g/mol. The van der Waals surface area contributed by atoms with Crippen molar-refractivity contribution in [2.75, 3.05) is 16.8 Å². The van der Waals surface area contributed by atoms with Crippen LogP contribution in [-0.2, 0) is 16.1 Å². The number of nitrogens with zero attached hydrogens (tertiary/aromatic N) is 4. The van der Waals surface area contributed by atoms with Crippen molar-refractivity contribution in [2.24, 2.45) is 0 Å². The maximum atomic E-state index is 13.0. The second-order valence-electron chi connectivity index (χ2n) is 7.25. The van der Waals surface area contributed by atoms with E-state index in [9.17, 15) is 14.0 Å². The first-order valence-electron chi connectivity index (χ1n) is 9.86. The molecule has 0 aliphatic carbocycles. The van der Waals surface area contributed by atoms with Crippen LogP contribution in [0.3, 0.4) is 0 Å². The van der Waals surface area contributed by atoms with Gasteiger partial charge in [-0.05, 0) is 43.2 Å². The molecular weight excluding hydrogens is 385 g/mol. The zero-order valence-corrected chi connectivity index (χ0v) is 16.6. The van der Waals surface area contributed by atoms with E-state index < -0.39 is 0 Å². The van der Waals surface area contributed by atoms with Crippen LogP contribution in [-0.4, -0.2) is 33.1 Å². The van der Waals surface area contributed by atoms with E-state index in [-0.39, 0.29) is 30.5 Å². The summed E-state index contributed by atoms with van der Waals surface area (Å²) < 4.78 is 14.9. The van der Waals surface area contributed by atoms with Crippen molar-refractivity contribution in [3.05, 3.63) is 60.2 Å². The number of carbonyl (C=O) groups is 2. The van der Waals surface area contributed by atoms with E-state index in [1.807, 2.05) is 17.7 Å². The predicted octanol–water partition coefficient (Wildman–Crippen LogP) is 3.55. The topological polar surface area (TPSA) is 80.1 Å². The minimum Gasteiger partial charge on any atom is -0.311 e. The Bertz CT molecular complexity index is 1060. The van der Waals surface area contributed by atoms with E-state index in [0.717, 1.165) is 35.6 Å². The van der Waals surface area contributed by atoms with Gasteiger partial charge in [0, 0.05) is 43.8 Å². The molecule has 0 radical (unpaired) electrons. The zero-order valence-electron chi connectivity index (χ0n) is 16.6. The number of amides is 2. The van der Waals surface area contributed by atoms with Crippen molar-refractivity contribution in [1.29, 1.82) is 0 Å². The molecule has 7 nitrogen and oxygen atoms in total. The van der Waals surface area contributed by atoms with Gasteiger partial charge in [0.25, 0.3) is 0 Å². The third-order valence-electron chi connectivity index (χ3n) is 4.98. The number of carbonyl (C=O) groups excluding carboxylic acids is 2. The van der Waals surface area contributed by atoms with Gasteiger partial charge in [-0.1, -0.05) is 12.1 Å². The molecule has 0 bridgehead atoms. The zero-order chi connectivity index (χ0) is 21.1. The maximum Gasteiger partial charge on any atom is 0.228 e. The highest BCUT2D eigenvalue weighted by molar-refractivity contribution is 5.97. The summed E-state index contributed by atoms with van der Waals surface area (Å²) in [6, 6.07) is 11.5. The molecule has 1 N–H and O–H groups in total. The molecule has 2 aromatic heterocycles. The molecule has 3 aromatic rings. The first kappa shape index (κ1) is 19.8. The minimum atomic E-state index is -0.297. The van der Waals surface area contributed by atoms with Crippen LogP contribution >= 0.6 is 0 Å². The minimum absolute atomic E-state index is 0.0733. The van der Waals surface area contributed by atoms with Crippen LogP contribution in [0.4, 0.5) is 16.0 Å². The Morgan fingerprint density at radius 3 is 2.57 bits per heavy atom. The van der Waals surface area contributed by atoms with Gasteiger partial charge in [-0.2, -0.15) is 5.10 Å². The Labute approximate surface area is 173 Å². The number of anilines is 2. The number of halogens is 1. The van der Waals surface area contributed by atoms with Crippen molar-refractivity contribution in [1.82, 2.24) is 14.8 Å². The molecule has 30 heavy (non-hydrogen) atoms. The van der Waals surface area contributed by atoms with Crippen molar-refractivity contribution in [2.45, 2.75) is 32.7 Å². The van der Waals surface area contributed by atoms with E-state index in [0.29, 0.717) is 12.4 Å². The van der Waals surface area contributed by atoms with Gasteiger partial charge >= 0.3 is 0 Å². The van der Waals surface area contributed by atoms with Crippen molar-refractivity contribution in [3.63, 3.8) is 0 Å². The van der Waals surface area contributed by atoms with E-state index in [1.165, 1.54) is 12.1 Å². The second-order valence-corrected chi connectivity index (χ2v) is 7.25. The Morgan fingerprint density at radius 2 is 1.83 bits per heavy atom. The van der Waals surface area contributed by atoms with Crippen LogP contribution in [0, 0.1) is 12.7 Å². The molecular formula is C22H22FN5O2. The van der Waals surface area contributed by atoms with E-state index in [4.69, 9.17) is 0 Å². The molecule has 0 atom stereocenters. The Morgan fingerprint density at radius 1 is 1.07 bits per heavy atom. The summed E-state index contributed by atoms with van der Waals surface area (Å²) in [4.78, 5) is 30.8. The third kappa shape index (κ3) is 4.37. The summed E-state index contributed by atoms with van der Waals surface area (Å²) in [5.74, 6) is 0.541. The molecule has 1 aliphatic heterocycles. The first-order chi connectivity index (χ1) is 14.5. The van der Waals surface area contributed by atoms with Gasteiger partial charge in [0.15, 0.2) is 0 Å². The molecule has 0 saturated carbocycles. The number of hydrogen-bond acceptors (Lipinski definition) is 4. The van der Waals surface area contributed by atoms with E-state index in [2.05, 4.69) is 15.4 Å². The highest BCUT2D eigenvalue weighted by Gasteiger charge is 2.24. The standard InChI is InChI=1S/C22H22FN5O2/c1-15-13-21-27(11-2-12-28(21)26-15)22(30)10-9-20(29)25-19-8-5-17(14-24-19)16-3-6-18(23)7-4-16/h3-8,13-14H,2,9-12H2,1H3,(H,24,25,29). The number of aryl methyl sites for hydroxylation is 2. The monoisotopic (exact) mass is 407 g/mol. The van der Waals surface area contributed by atoms with Gasteiger partial charge in [0.05, 0.1) is 5.69 Å². The van der Waals surface area contributed by atoms with Gasteiger partial charge in [0.1, 0.15) is 17.5 Å². The normalized spacial score (nSPS) is 13.1. The fraction of sp³-hybridized carbons (Fsp3) is 0.273. The average Bonchev–Trinajstić information content (AvgIpc) is 3.13. The van der Waals surface area contributed by atoms with Gasteiger partial charge < -0.3 is 5.32 Å². The summed E-state index contributed by atoms with van der Waals surface area (Å²) in [7, 11) is 0. The van der Waals surface area contributed by atoms with E-state index in [1.54, 1.807) is 35.4 Å². The Balaban J connectivity index is 1.32. The van der Waals surface area contributed by atoms with Crippen LogP contribution < -0.4 is 10.2 Å². The number of hydrogen-bond donors (Lipinski definition) is 1. The molecule has 1 aliphatic rings. The largest absolute Gasteiger partial charge is 0.311 e. The summed E-state index contributed by atoms with van der Waals surface area (Å²) in [6.07, 6.45) is 2.65. The van der Waals surface area contributed by atoms with E-state index >= 15 is 0 Å². The van der Waals surface area contributed by atoms with Crippen LogP contribution in [0.2, 0.25) is 0 Å². The second kappa shape index (κ2) is 8.44. The molecule has 0 unspecified atom stereocenters. The summed E-state index contributed by atoms with van der Waals surface area (Å²) in [5.41, 5.74) is 2.53. The number of nitrogens with one attached hydrogen (secondary N) is 1. The summed E-state index contributed by atoms with van der Waals surface area (Å²) in [5, 5.41) is 7.10. The lowest BCUT2D eigenvalue weighted by Crippen LogP contribution is -2.37. The summed E-state index contributed by atoms with van der Waals surface area (Å²) >= 11 is 0. The first-order valence-corrected chi connectivity index (χ1v) is 9.86. The Hall–Kier alpha value is -3.55. The van der Waals surface area contributed by atoms with Crippen LogP contribution in [0.5, 0.6) is 0 Å². The third-order valence-corrected chi connectivity index (χ3v) is 4.98. The molecule has 1 aromatic carbocycles. The SMILES string of the molecule is Cc1cc2n(n1)CCCN2C(=O)CCC(=O)Nc1ccc(-c2ccc(F)cc2)cn1. The lowest BCUT2D eigenvalue weighted by atomic mass is 10.1. The predicted molar refractivity (Wildman–Crippen MR) is 111 cm³/mol. The van der Waals surface area contributed by atoms with Gasteiger partial charge in [0.2, 0.25) is 11.8 Å².